The van der Waals surface area contributed by atoms with Gasteiger partial charge in [0.2, 0.25) is 5.82 Å². The van der Waals surface area contributed by atoms with Gasteiger partial charge in [0.05, 0.1) is 11.9 Å². The zero-order chi connectivity index (χ0) is 18.3. The Labute approximate surface area is 149 Å². The summed E-state index contributed by atoms with van der Waals surface area (Å²) in [5.41, 5.74) is 1.14. The molecule has 0 saturated heterocycles. The molecular weight excluding hydrogens is 369 g/mol. The Hall–Kier alpha value is -2.94. The van der Waals surface area contributed by atoms with Crippen LogP contribution in [0, 0.1) is 5.82 Å². The lowest BCUT2D eigenvalue weighted by atomic mass is 10.2. The zero-order valence-electron chi connectivity index (χ0n) is 13.0. The molecule has 26 heavy (non-hydrogen) atoms. The summed E-state index contributed by atoms with van der Waals surface area (Å²) >= 11 is 4.95. The minimum absolute atomic E-state index is 0.0191. The van der Waals surface area contributed by atoms with Crippen LogP contribution in [0.25, 0.3) is 22.6 Å². The fraction of sp³-hybridized carbons (Fsp3) is 0.125. The summed E-state index contributed by atoms with van der Waals surface area (Å²) in [6, 6.07) is 9.67. The molecule has 0 aliphatic heterocycles. The lowest BCUT2D eigenvalue weighted by molar-refractivity contribution is 0.0849. The van der Waals surface area contributed by atoms with E-state index in [0.29, 0.717) is 16.6 Å². The lowest BCUT2D eigenvalue weighted by Crippen LogP contribution is -2.05. The predicted octanol–water partition coefficient (Wildman–Crippen LogP) is 3.69. The van der Waals surface area contributed by atoms with Crippen LogP contribution in [0.1, 0.15) is 11.4 Å². The highest BCUT2D eigenvalue weighted by molar-refractivity contribution is 6.21. The number of fused-ring (bicyclic) bond motifs is 1. The highest BCUT2D eigenvalue weighted by Gasteiger charge is 2.34. The van der Waals surface area contributed by atoms with Gasteiger partial charge in [-0.25, -0.2) is 19.0 Å². The van der Waals surface area contributed by atoms with E-state index in [4.69, 9.17) is 11.6 Å². The van der Waals surface area contributed by atoms with Crippen LogP contribution in [-0.2, 0) is 11.9 Å². The smallest absolute Gasteiger partial charge is 0.257 e. The quantitative estimate of drug-likeness (QED) is 0.550. The van der Waals surface area contributed by atoms with Crippen LogP contribution in [0.5, 0.6) is 0 Å². The van der Waals surface area contributed by atoms with Crippen molar-refractivity contribution in [3.8, 4) is 11.5 Å². The summed E-state index contributed by atoms with van der Waals surface area (Å²) in [6.45, 7) is 0.118. The van der Waals surface area contributed by atoms with Crippen molar-refractivity contribution < 1.29 is 13.2 Å². The molecule has 0 fully saturated rings. The number of hydrogen-bond donors (Lipinski definition) is 1. The van der Waals surface area contributed by atoms with E-state index in [1.165, 1.54) is 10.7 Å². The molecule has 10 heteroatoms. The predicted molar refractivity (Wildman–Crippen MR) is 88.2 cm³/mol. The van der Waals surface area contributed by atoms with Gasteiger partial charge >= 0.3 is 5.38 Å². The fourth-order valence-electron chi connectivity index (χ4n) is 2.58. The summed E-state index contributed by atoms with van der Waals surface area (Å²) in [6.07, 6.45) is 1.56. The van der Waals surface area contributed by atoms with Crippen molar-refractivity contribution in [1.29, 1.82) is 0 Å². The van der Waals surface area contributed by atoms with Crippen LogP contribution in [0.2, 0.25) is 0 Å². The number of benzene rings is 1. The molecule has 3 aromatic heterocycles. The van der Waals surface area contributed by atoms with Gasteiger partial charge in [-0.3, -0.25) is 5.10 Å². The minimum atomic E-state index is -3.70. The molecule has 0 unspecified atom stereocenters. The minimum Gasteiger partial charge on any atom is -0.257 e. The maximum atomic E-state index is 14.0. The van der Waals surface area contributed by atoms with Gasteiger partial charge in [-0.15, -0.1) is 0 Å². The van der Waals surface area contributed by atoms with Crippen LogP contribution < -0.4 is 0 Å². The summed E-state index contributed by atoms with van der Waals surface area (Å²) in [5, 5.41) is 7.06. The first-order chi connectivity index (χ1) is 12.4. The van der Waals surface area contributed by atoms with E-state index in [1.54, 1.807) is 36.5 Å². The van der Waals surface area contributed by atoms with Gasteiger partial charge in [-0.1, -0.05) is 18.2 Å². The average molecular weight is 379 g/mol. The van der Waals surface area contributed by atoms with E-state index in [0.717, 1.165) is 0 Å². The van der Waals surface area contributed by atoms with Gasteiger partial charge in [-0.05, 0) is 29.8 Å². The molecular formula is C16H10ClF3N6. The Bertz CT molecular complexity index is 1080. The topological polar surface area (TPSA) is 72.3 Å². The fourth-order valence-corrected chi connectivity index (χ4v) is 2.66. The standard InChI is InChI=1S/C16H10ClF3N6/c17-16(19,20)15-22-13(23-24-15)12-10-5-3-7-21-14(10)26(25-12)8-9-4-1-2-6-11(9)18/h1-7H,8H2,(H,22,23,24). The van der Waals surface area contributed by atoms with Crippen molar-refractivity contribution in [3.05, 3.63) is 59.8 Å². The van der Waals surface area contributed by atoms with Crippen molar-refractivity contribution >= 4 is 22.6 Å². The third-order valence-electron chi connectivity index (χ3n) is 3.75. The lowest BCUT2D eigenvalue weighted by Gasteiger charge is -2.04. The Morgan fingerprint density at radius 3 is 2.69 bits per heavy atom. The summed E-state index contributed by atoms with van der Waals surface area (Å²) in [7, 11) is 0. The second-order valence-electron chi connectivity index (χ2n) is 5.48. The number of H-pyrrole nitrogens is 1. The Morgan fingerprint density at radius 2 is 1.96 bits per heavy atom. The number of nitrogens with zero attached hydrogens (tertiary/aromatic N) is 5. The molecule has 0 aliphatic rings. The van der Waals surface area contributed by atoms with Gasteiger partial charge < -0.3 is 0 Å². The van der Waals surface area contributed by atoms with E-state index >= 15 is 0 Å². The van der Waals surface area contributed by atoms with Gasteiger partial charge in [0.1, 0.15) is 11.5 Å². The van der Waals surface area contributed by atoms with Crippen LogP contribution in [-0.4, -0.2) is 29.9 Å². The SMILES string of the molecule is Fc1ccccc1Cn1nc(-c2nc(C(F)(F)Cl)n[nH]2)c2cccnc21. The van der Waals surface area contributed by atoms with Crippen molar-refractivity contribution in [2.75, 3.05) is 0 Å². The van der Waals surface area contributed by atoms with E-state index in [2.05, 4.69) is 25.3 Å². The normalized spacial score (nSPS) is 12.0. The molecule has 132 valence electrons. The first kappa shape index (κ1) is 16.5. The largest absolute Gasteiger partial charge is 0.383 e. The van der Waals surface area contributed by atoms with Gasteiger partial charge in [0.25, 0.3) is 0 Å². The molecule has 0 amide bonds. The second-order valence-corrected chi connectivity index (χ2v) is 5.95. The van der Waals surface area contributed by atoms with Gasteiger partial charge in [0.15, 0.2) is 11.5 Å². The van der Waals surface area contributed by atoms with E-state index < -0.39 is 11.2 Å². The van der Waals surface area contributed by atoms with Crippen molar-refractivity contribution in [1.82, 2.24) is 29.9 Å². The van der Waals surface area contributed by atoms with E-state index in [1.807, 2.05) is 0 Å². The number of pyridine rings is 1. The summed E-state index contributed by atoms with van der Waals surface area (Å²) < 4.78 is 41.8. The molecule has 6 nitrogen and oxygen atoms in total. The number of nitrogens with one attached hydrogen (secondary N) is 1. The number of aromatic nitrogens is 6. The highest BCUT2D eigenvalue weighted by Crippen LogP contribution is 2.31. The maximum absolute atomic E-state index is 14.0. The average Bonchev–Trinajstić information content (AvgIpc) is 3.22. The van der Waals surface area contributed by atoms with Crippen molar-refractivity contribution in [2.24, 2.45) is 0 Å². The van der Waals surface area contributed by atoms with Crippen LogP contribution >= 0.6 is 11.6 Å². The zero-order valence-corrected chi connectivity index (χ0v) is 13.8. The van der Waals surface area contributed by atoms with Crippen LogP contribution in [0.3, 0.4) is 0 Å². The Balaban J connectivity index is 1.82. The van der Waals surface area contributed by atoms with Crippen molar-refractivity contribution in [3.63, 3.8) is 0 Å². The molecule has 0 saturated carbocycles. The number of alkyl halides is 3. The molecule has 1 aromatic carbocycles. The van der Waals surface area contributed by atoms with Crippen molar-refractivity contribution in [2.45, 2.75) is 11.9 Å². The number of aromatic amines is 1. The molecule has 0 radical (unpaired) electrons. The number of hydrogen-bond acceptors (Lipinski definition) is 4. The molecule has 0 aliphatic carbocycles. The third-order valence-corrected chi connectivity index (χ3v) is 3.92. The van der Waals surface area contributed by atoms with Crippen LogP contribution in [0.15, 0.2) is 42.6 Å². The number of halogens is 4. The molecule has 4 rings (SSSR count). The molecule has 0 spiro atoms. The van der Waals surface area contributed by atoms with E-state index in [-0.39, 0.29) is 23.9 Å². The first-order valence-corrected chi connectivity index (χ1v) is 7.86. The molecule has 4 aromatic rings. The molecule has 0 atom stereocenters. The highest BCUT2D eigenvalue weighted by atomic mass is 35.5. The third kappa shape index (κ3) is 2.90. The van der Waals surface area contributed by atoms with Gasteiger partial charge in [0, 0.05) is 11.8 Å². The van der Waals surface area contributed by atoms with E-state index in [9.17, 15) is 13.2 Å². The second kappa shape index (κ2) is 6.10. The first-order valence-electron chi connectivity index (χ1n) is 7.48. The molecule has 3 heterocycles. The Kier molecular flexibility index (Phi) is 3.87. The Morgan fingerprint density at radius 1 is 1.15 bits per heavy atom. The summed E-state index contributed by atoms with van der Waals surface area (Å²) in [5.74, 6) is -1.21. The van der Waals surface area contributed by atoms with Gasteiger partial charge in [-0.2, -0.15) is 19.0 Å². The monoisotopic (exact) mass is 378 g/mol. The molecule has 0 bridgehead atoms. The van der Waals surface area contributed by atoms with Crippen LogP contribution in [0.4, 0.5) is 13.2 Å². The number of rotatable bonds is 4. The maximum Gasteiger partial charge on any atom is 0.383 e. The summed E-state index contributed by atoms with van der Waals surface area (Å²) in [4.78, 5) is 7.96. The molecule has 1 N–H and O–H groups in total.